The van der Waals surface area contributed by atoms with Crippen molar-refractivity contribution in [3.8, 4) is 17.2 Å². The second kappa shape index (κ2) is 15.7. The molecule has 1 aliphatic rings. The van der Waals surface area contributed by atoms with Gasteiger partial charge in [-0.1, -0.05) is 22.0 Å². The number of aliphatic hydroxyl groups is 1. The van der Waals surface area contributed by atoms with Gasteiger partial charge in [0.1, 0.15) is 19.0 Å². The molecular formula is C31H32BrN5O9. The zero-order valence-electron chi connectivity index (χ0n) is 25.1. The van der Waals surface area contributed by atoms with Crippen LogP contribution in [0.4, 0.5) is 10.5 Å². The van der Waals surface area contributed by atoms with Crippen LogP contribution < -0.4 is 30.3 Å². The molecule has 3 aromatic rings. The number of benzene rings is 3. The number of allylic oxidation sites excluding steroid dienone is 1. The first-order valence-corrected chi connectivity index (χ1v) is 14.8. The Hall–Kier alpha value is -5.15. The molecule has 3 aromatic carbocycles. The van der Waals surface area contributed by atoms with Gasteiger partial charge in [-0.15, -0.1) is 0 Å². The van der Waals surface area contributed by atoms with Crippen LogP contribution in [0.3, 0.4) is 0 Å². The summed E-state index contributed by atoms with van der Waals surface area (Å²) in [5.41, 5.74) is 5.14. The number of esters is 1. The molecule has 1 aliphatic heterocycles. The van der Waals surface area contributed by atoms with Gasteiger partial charge < -0.3 is 34.7 Å². The molecule has 0 saturated heterocycles. The van der Waals surface area contributed by atoms with Crippen molar-refractivity contribution in [1.29, 1.82) is 0 Å². The largest absolute Gasteiger partial charge is 0.490 e. The first-order valence-electron chi connectivity index (χ1n) is 14.0. The molecule has 0 saturated carbocycles. The minimum absolute atomic E-state index is 0.00566. The highest BCUT2D eigenvalue weighted by atomic mass is 79.9. The fourth-order valence-corrected chi connectivity index (χ4v) is 4.82. The molecule has 46 heavy (non-hydrogen) atoms. The third kappa shape index (κ3) is 8.73. The van der Waals surface area contributed by atoms with Crippen LogP contribution in [0.2, 0.25) is 0 Å². The molecule has 14 nitrogen and oxygen atoms in total. The van der Waals surface area contributed by atoms with Crippen LogP contribution >= 0.6 is 15.9 Å². The number of nitrogens with one attached hydrogen (secondary N) is 3. The number of carbonyl (C=O) groups is 2. The van der Waals surface area contributed by atoms with E-state index in [4.69, 9.17) is 18.9 Å². The van der Waals surface area contributed by atoms with Gasteiger partial charge in [0.05, 0.1) is 36.5 Å². The maximum Gasteiger partial charge on any atom is 0.337 e. The van der Waals surface area contributed by atoms with E-state index in [1.807, 2.05) is 0 Å². The number of hydrogen-bond acceptors (Lipinski definition) is 11. The number of nitro groups is 1. The first kappa shape index (κ1) is 33.7. The number of methoxy groups -OCH3 is 1. The van der Waals surface area contributed by atoms with Gasteiger partial charge in [0.2, 0.25) is 0 Å². The van der Waals surface area contributed by atoms with Crippen LogP contribution in [0.25, 0.3) is 0 Å². The van der Waals surface area contributed by atoms with E-state index < -0.39 is 29.2 Å². The minimum atomic E-state index is -1.21. The Bertz CT molecular complexity index is 1650. The fourth-order valence-electron chi connectivity index (χ4n) is 4.44. The summed E-state index contributed by atoms with van der Waals surface area (Å²) in [7, 11) is 1.26. The van der Waals surface area contributed by atoms with Crippen LogP contribution in [0.5, 0.6) is 17.2 Å². The van der Waals surface area contributed by atoms with E-state index in [0.717, 1.165) is 10.0 Å². The molecule has 4 rings (SSSR count). The highest BCUT2D eigenvalue weighted by Crippen LogP contribution is 2.35. The third-order valence-electron chi connectivity index (χ3n) is 6.61. The molecule has 15 heteroatoms. The number of carbonyl (C=O) groups excluding carboxylic acids is 2. The number of hydrogen-bond donors (Lipinski definition) is 4. The molecule has 2 amide bonds. The molecule has 242 valence electrons. The van der Waals surface area contributed by atoms with E-state index in [1.54, 1.807) is 62.4 Å². The molecule has 4 N–H and O–H groups in total. The van der Waals surface area contributed by atoms with Gasteiger partial charge in [-0.3, -0.25) is 15.5 Å². The number of aliphatic hydroxyl groups excluding tert-OH is 1. The van der Waals surface area contributed by atoms with E-state index in [2.05, 4.69) is 37.1 Å². The lowest BCUT2D eigenvalue weighted by molar-refractivity contribution is -0.384. The zero-order valence-corrected chi connectivity index (χ0v) is 26.7. The summed E-state index contributed by atoms with van der Waals surface area (Å²) in [5, 5.41) is 30.8. The van der Waals surface area contributed by atoms with Crippen molar-refractivity contribution >= 4 is 39.8 Å². The molecule has 0 unspecified atom stereocenters. The number of urea groups is 1. The van der Waals surface area contributed by atoms with Crippen LogP contribution in [-0.4, -0.2) is 54.8 Å². The summed E-state index contributed by atoms with van der Waals surface area (Å²) in [6, 6.07) is 15.1. The van der Waals surface area contributed by atoms with Crippen molar-refractivity contribution in [3.05, 3.63) is 103 Å². The standard InChI is InChI=1S/C31H32BrN5O9/c1-4-44-26-14-20(29-28(30(39)43-3)18(2)34-31(40)35-29)7-11-25(26)46-17-27(38)36-33-15-21-13-22(32)8-12-24(21)45-16-19-5-9-23(10-6-19)37(41)42/h5-15,27,29,36,38H,4,16-17H2,1-3H3,(H2,34,35,40)/b33-15-/t27-,29+/m1/s1. The average molecular weight is 699 g/mol. The highest BCUT2D eigenvalue weighted by Gasteiger charge is 2.32. The van der Waals surface area contributed by atoms with Crippen LogP contribution in [0, 0.1) is 10.1 Å². The van der Waals surface area contributed by atoms with Gasteiger partial charge in [-0.05, 0) is 67.4 Å². The maximum atomic E-state index is 12.5. The van der Waals surface area contributed by atoms with Gasteiger partial charge in [0.25, 0.3) is 5.69 Å². The van der Waals surface area contributed by atoms with E-state index in [0.29, 0.717) is 40.7 Å². The highest BCUT2D eigenvalue weighted by molar-refractivity contribution is 9.10. The van der Waals surface area contributed by atoms with Gasteiger partial charge in [0, 0.05) is 27.9 Å². The summed E-state index contributed by atoms with van der Waals surface area (Å²) in [4.78, 5) is 35.0. The van der Waals surface area contributed by atoms with Crippen LogP contribution in [0.1, 0.15) is 36.6 Å². The van der Waals surface area contributed by atoms with Crippen LogP contribution in [-0.2, 0) is 16.1 Å². The maximum absolute atomic E-state index is 12.5. The normalized spacial score (nSPS) is 15.1. The van der Waals surface area contributed by atoms with Crippen molar-refractivity contribution in [1.82, 2.24) is 16.1 Å². The minimum Gasteiger partial charge on any atom is -0.490 e. The summed E-state index contributed by atoms with van der Waals surface area (Å²) in [6.07, 6.45) is 0.267. The Morgan fingerprint density at radius 2 is 1.85 bits per heavy atom. The first-order chi connectivity index (χ1) is 22.1. The second-order valence-electron chi connectivity index (χ2n) is 9.81. The molecule has 0 bridgehead atoms. The van der Waals surface area contributed by atoms with Crippen LogP contribution in [0.15, 0.2) is 81.5 Å². The van der Waals surface area contributed by atoms with E-state index in [1.165, 1.54) is 25.5 Å². The molecule has 0 fully saturated rings. The summed E-state index contributed by atoms with van der Waals surface area (Å²) < 4.78 is 23.1. The monoisotopic (exact) mass is 697 g/mol. The topological polar surface area (TPSA) is 183 Å². The molecule has 0 spiro atoms. The fraction of sp³-hybridized carbons (Fsp3) is 0.258. The summed E-state index contributed by atoms with van der Waals surface area (Å²) in [6.45, 7) is 3.69. The Morgan fingerprint density at radius 3 is 2.54 bits per heavy atom. The molecule has 0 radical (unpaired) electrons. The van der Waals surface area contributed by atoms with Crippen molar-refractivity contribution < 1.29 is 38.6 Å². The van der Waals surface area contributed by atoms with Gasteiger partial charge in [0.15, 0.2) is 17.7 Å². The Balaban J connectivity index is 1.39. The SMILES string of the molecule is CCOc1cc([C@@H]2NC(=O)NC(C)=C2C(=O)OC)ccc1OC[C@@H](O)N/N=C\c1cc(Br)ccc1OCc1ccc([N+](=O)[O-])cc1. The number of rotatable bonds is 14. The average Bonchev–Trinajstić information content (AvgIpc) is 3.03. The lowest BCUT2D eigenvalue weighted by Crippen LogP contribution is -2.45. The number of halogens is 1. The van der Waals surface area contributed by atoms with Crippen molar-refractivity contribution in [2.45, 2.75) is 32.7 Å². The van der Waals surface area contributed by atoms with E-state index in [-0.39, 0.29) is 24.5 Å². The lowest BCUT2D eigenvalue weighted by Gasteiger charge is -2.28. The van der Waals surface area contributed by atoms with Gasteiger partial charge in [-0.2, -0.15) is 5.10 Å². The lowest BCUT2D eigenvalue weighted by atomic mass is 9.95. The van der Waals surface area contributed by atoms with Gasteiger partial charge in [-0.25, -0.2) is 9.59 Å². The molecular weight excluding hydrogens is 666 g/mol. The third-order valence-corrected chi connectivity index (χ3v) is 7.11. The predicted octanol–water partition coefficient (Wildman–Crippen LogP) is 4.46. The van der Waals surface area contributed by atoms with Crippen molar-refractivity contribution in [2.75, 3.05) is 20.3 Å². The number of nitro benzene ring substituents is 1. The quantitative estimate of drug-likeness (QED) is 0.0617. The summed E-state index contributed by atoms with van der Waals surface area (Å²) in [5.74, 6) is 0.581. The number of amides is 2. The molecule has 2 atom stereocenters. The van der Waals surface area contributed by atoms with Gasteiger partial charge >= 0.3 is 12.0 Å². The smallest absolute Gasteiger partial charge is 0.337 e. The summed E-state index contributed by atoms with van der Waals surface area (Å²) >= 11 is 3.42. The zero-order chi connectivity index (χ0) is 33.2. The molecule has 1 heterocycles. The number of non-ortho nitro benzene ring substituents is 1. The number of hydrazone groups is 1. The van der Waals surface area contributed by atoms with E-state index >= 15 is 0 Å². The van der Waals surface area contributed by atoms with Crippen molar-refractivity contribution in [2.24, 2.45) is 5.10 Å². The molecule has 0 aromatic heterocycles. The Kier molecular flexibility index (Phi) is 11.5. The number of ether oxygens (including phenoxy) is 4. The predicted molar refractivity (Wildman–Crippen MR) is 171 cm³/mol. The Morgan fingerprint density at radius 1 is 1.11 bits per heavy atom. The van der Waals surface area contributed by atoms with E-state index in [9.17, 15) is 24.8 Å². The van der Waals surface area contributed by atoms with Crippen molar-refractivity contribution in [3.63, 3.8) is 0 Å². The second-order valence-corrected chi connectivity index (χ2v) is 10.7. The Labute approximate surface area is 272 Å². The molecule has 0 aliphatic carbocycles. The number of nitrogens with zero attached hydrogens (tertiary/aromatic N) is 2.